The number of ketones is 1. The van der Waals surface area contributed by atoms with E-state index in [1.54, 1.807) is 0 Å². The number of carbonyl (C=O) groups is 1. The number of hydrogen-bond acceptors (Lipinski definition) is 2. The van der Waals surface area contributed by atoms with Crippen LogP contribution in [0.3, 0.4) is 0 Å². The summed E-state index contributed by atoms with van der Waals surface area (Å²) in [5.74, 6) is -1.94. The summed E-state index contributed by atoms with van der Waals surface area (Å²) in [7, 11) is 0. The fraction of sp³-hybridized carbons (Fsp3) is 0.222. The fourth-order valence-corrected chi connectivity index (χ4v) is 1.37. The summed E-state index contributed by atoms with van der Waals surface area (Å²) < 4.78 is 40.8. The largest absolute Gasteiger partial charge is 0.433 e. The normalized spacial score (nSPS) is 10.5. The van der Waals surface area contributed by atoms with E-state index in [1.807, 2.05) is 0 Å². The van der Waals surface area contributed by atoms with E-state index < -0.39 is 34.5 Å². The lowest BCUT2D eigenvalue weighted by atomic mass is 10.1. The molecule has 0 heterocycles. The van der Waals surface area contributed by atoms with E-state index in [-0.39, 0.29) is 0 Å². The molecule has 6 heteroatoms. The quantitative estimate of drug-likeness (QED) is 0.756. The van der Waals surface area contributed by atoms with Gasteiger partial charge in [0.2, 0.25) is 0 Å². The summed E-state index contributed by atoms with van der Waals surface area (Å²) in [4.78, 5) is 11.0. The molecule has 0 unspecified atom stereocenters. The Morgan fingerprint density at radius 3 is 2.53 bits per heavy atom. The monoisotopic (exact) mass is 238 g/mol. The lowest BCUT2D eigenvalue weighted by Gasteiger charge is -2.09. The summed E-state index contributed by atoms with van der Waals surface area (Å²) in [5, 5.41) is -0.442. The summed E-state index contributed by atoms with van der Waals surface area (Å²) in [6.07, 6.45) is 0. The molecule has 0 bridgehead atoms. The van der Waals surface area contributed by atoms with Gasteiger partial charge in [-0.15, -0.1) is 0 Å². The molecule has 0 aliphatic heterocycles. The van der Waals surface area contributed by atoms with E-state index in [9.17, 15) is 18.0 Å². The first-order valence-electron chi connectivity index (χ1n) is 3.87. The van der Waals surface area contributed by atoms with Crippen molar-refractivity contribution in [3.8, 4) is 5.75 Å². The molecule has 1 rings (SSSR count). The van der Waals surface area contributed by atoms with Gasteiger partial charge in [-0.05, 0) is 19.1 Å². The number of ether oxygens (including phenoxy) is 1. The molecule has 0 radical (unpaired) electrons. The zero-order valence-electron chi connectivity index (χ0n) is 7.56. The number of Topliss-reactive ketones (excluding diaryl/α,β-unsaturated/α-hetero) is 1. The van der Waals surface area contributed by atoms with Gasteiger partial charge in [0.15, 0.2) is 5.78 Å². The second-order valence-corrected chi connectivity index (χ2v) is 3.05. The molecule has 0 aliphatic rings. The Balaban J connectivity index is 3.22. The van der Waals surface area contributed by atoms with Gasteiger partial charge in [0.25, 0.3) is 0 Å². The van der Waals surface area contributed by atoms with Gasteiger partial charge < -0.3 is 4.74 Å². The van der Waals surface area contributed by atoms with Gasteiger partial charge in [-0.25, -0.2) is 4.39 Å². The molecule has 0 aliphatic carbocycles. The van der Waals surface area contributed by atoms with Crippen LogP contribution in [0.15, 0.2) is 12.1 Å². The predicted octanol–water partition coefficient (Wildman–Crippen LogP) is 3.28. The third-order valence-electron chi connectivity index (χ3n) is 1.62. The van der Waals surface area contributed by atoms with Crippen molar-refractivity contribution in [3.05, 3.63) is 28.5 Å². The maximum atomic E-state index is 13.1. The molecule has 0 aromatic heterocycles. The number of carbonyl (C=O) groups excluding carboxylic acids is 1. The van der Waals surface area contributed by atoms with Gasteiger partial charge in [-0.1, -0.05) is 11.6 Å². The van der Waals surface area contributed by atoms with Crippen molar-refractivity contribution in [3.63, 3.8) is 0 Å². The zero-order chi connectivity index (χ0) is 11.6. The smallest absolute Gasteiger partial charge is 0.387 e. The van der Waals surface area contributed by atoms with Gasteiger partial charge >= 0.3 is 6.61 Å². The van der Waals surface area contributed by atoms with Crippen LogP contribution in [0.5, 0.6) is 5.75 Å². The Hall–Kier alpha value is -1.23. The summed E-state index contributed by atoms with van der Waals surface area (Å²) >= 11 is 5.53. The molecule has 82 valence electrons. The standard InChI is InChI=1S/C9H6ClF3O2/c1-4(14)7-5(11)2-3-6(8(7)10)15-9(12)13/h2-3,9H,1H3. The Morgan fingerprint density at radius 2 is 2.07 bits per heavy atom. The molecule has 15 heavy (non-hydrogen) atoms. The lowest BCUT2D eigenvalue weighted by Crippen LogP contribution is -2.06. The molecule has 0 saturated carbocycles. The van der Waals surface area contributed by atoms with Gasteiger partial charge in [0.05, 0.1) is 10.6 Å². The fourth-order valence-electron chi connectivity index (χ4n) is 1.04. The SMILES string of the molecule is CC(=O)c1c(F)ccc(OC(F)F)c1Cl. The Morgan fingerprint density at radius 1 is 1.47 bits per heavy atom. The van der Waals surface area contributed by atoms with Crippen molar-refractivity contribution in [2.24, 2.45) is 0 Å². The molecule has 1 aromatic carbocycles. The van der Waals surface area contributed by atoms with Crippen LogP contribution in [0.25, 0.3) is 0 Å². The van der Waals surface area contributed by atoms with Crippen molar-refractivity contribution in [1.82, 2.24) is 0 Å². The highest BCUT2D eigenvalue weighted by atomic mass is 35.5. The summed E-state index contributed by atoms with van der Waals surface area (Å²) in [5.41, 5.74) is -0.449. The molecule has 0 spiro atoms. The summed E-state index contributed by atoms with van der Waals surface area (Å²) in [6.45, 7) is -2.00. The average molecular weight is 239 g/mol. The molecular formula is C9H6ClF3O2. The molecule has 2 nitrogen and oxygen atoms in total. The number of halogens is 4. The van der Waals surface area contributed by atoms with Crippen molar-refractivity contribution in [1.29, 1.82) is 0 Å². The Bertz CT molecular complexity index is 393. The van der Waals surface area contributed by atoms with Crippen LogP contribution in [0.4, 0.5) is 13.2 Å². The molecule has 0 saturated heterocycles. The Kier molecular flexibility index (Phi) is 3.57. The van der Waals surface area contributed by atoms with Crippen molar-refractivity contribution < 1.29 is 22.7 Å². The second kappa shape index (κ2) is 4.53. The molecule has 1 aromatic rings. The summed E-state index contributed by atoms with van der Waals surface area (Å²) in [6, 6.07) is 1.79. The van der Waals surface area contributed by atoms with Crippen LogP contribution in [0.2, 0.25) is 5.02 Å². The van der Waals surface area contributed by atoms with E-state index in [0.717, 1.165) is 19.1 Å². The van der Waals surface area contributed by atoms with E-state index in [1.165, 1.54) is 0 Å². The third kappa shape index (κ3) is 2.62. The first-order chi connectivity index (χ1) is 6.93. The highest BCUT2D eigenvalue weighted by Gasteiger charge is 2.18. The predicted molar refractivity (Wildman–Crippen MR) is 48.0 cm³/mol. The zero-order valence-corrected chi connectivity index (χ0v) is 8.32. The molecular weight excluding hydrogens is 233 g/mol. The van der Waals surface area contributed by atoms with E-state index in [0.29, 0.717) is 0 Å². The van der Waals surface area contributed by atoms with E-state index >= 15 is 0 Å². The minimum Gasteiger partial charge on any atom is -0.433 e. The van der Waals surface area contributed by atoms with E-state index in [2.05, 4.69) is 4.74 Å². The number of benzene rings is 1. The van der Waals surface area contributed by atoms with E-state index in [4.69, 9.17) is 11.6 Å². The van der Waals surface area contributed by atoms with Crippen LogP contribution in [0, 0.1) is 5.82 Å². The average Bonchev–Trinajstić information content (AvgIpc) is 2.09. The number of rotatable bonds is 3. The Labute approximate surface area is 88.6 Å². The first-order valence-corrected chi connectivity index (χ1v) is 4.25. The second-order valence-electron chi connectivity index (χ2n) is 2.67. The lowest BCUT2D eigenvalue weighted by molar-refractivity contribution is -0.0498. The topological polar surface area (TPSA) is 26.3 Å². The molecule has 0 N–H and O–H groups in total. The van der Waals surface area contributed by atoms with Crippen molar-refractivity contribution >= 4 is 17.4 Å². The van der Waals surface area contributed by atoms with Gasteiger partial charge in [0, 0.05) is 0 Å². The van der Waals surface area contributed by atoms with Crippen LogP contribution < -0.4 is 4.74 Å². The maximum Gasteiger partial charge on any atom is 0.387 e. The minimum atomic E-state index is -3.08. The van der Waals surface area contributed by atoms with Crippen LogP contribution in [0.1, 0.15) is 17.3 Å². The van der Waals surface area contributed by atoms with Gasteiger partial charge in [-0.2, -0.15) is 8.78 Å². The first kappa shape index (κ1) is 11.8. The van der Waals surface area contributed by atoms with Gasteiger partial charge in [0.1, 0.15) is 11.6 Å². The third-order valence-corrected chi connectivity index (χ3v) is 2.00. The minimum absolute atomic E-state index is 0.418. The highest BCUT2D eigenvalue weighted by Crippen LogP contribution is 2.31. The van der Waals surface area contributed by atoms with Crippen LogP contribution >= 0.6 is 11.6 Å². The maximum absolute atomic E-state index is 13.1. The highest BCUT2D eigenvalue weighted by molar-refractivity contribution is 6.35. The molecule has 0 fully saturated rings. The van der Waals surface area contributed by atoms with Gasteiger partial charge in [-0.3, -0.25) is 4.79 Å². The molecule has 0 amide bonds. The van der Waals surface area contributed by atoms with Crippen LogP contribution in [-0.2, 0) is 0 Å². The van der Waals surface area contributed by atoms with Crippen LogP contribution in [-0.4, -0.2) is 12.4 Å². The van der Waals surface area contributed by atoms with Crippen molar-refractivity contribution in [2.45, 2.75) is 13.5 Å². The molecule has 0 atom stereocenters. The van der Waals surface area contributed by atoms with Crippen molar-refractivity contribution in [2.75, 3.05) is 0 Å². The number of hydrogen-bond donors (Lipinski definition) is 0. The number of alkyl halides is 2.